The van der Waals surface area contributed by atoms with Crippen molar-refractivity contribution in [2.45, 2.75) is 26.4 Å². The molecule has 1 amide bonds. The lowest BCUT2D eigenvalue weighted by molar-refractivity contribution is -0.152. The summed E-state index contributed by atoms with van der Waals surface area (Å²) in [6.45, 7) is 3.20. The molecule has 1 aromatic rings. The van der Waals surface area contributed by atoms with Crippen molar-refractivity contribution in [3.05, 3.63) is 29.3 Å². The number of esters is 1. The van der Waals surface area contributed by atoms with E-state index in [0.717, 1.165) is 0 Å². The van der Waals surface area contributed by atoms with Gasteiger partial charge in [-0.05, 0) is 31.2 Å². The van der Waals surface area contributed by atoms with Crippen LogP contribution < -0.4 is 5.32 Å². The number of hydrogen-bond donors (Lipinski definition) is 1. The molecule has 0 aliphatic carbocycles. The number of benzene rings is 1. The van der Waals surface area contributed by atoms with Crippen molar-refractivity contribution in [3.63, 3.8) is 0 Å². The van der Waals surface area contributed by atoms with Gasteiger partial charge in [0.2, 0.25) is 0 Å². The van der Waals surface area contributed by atoms with E-state index in [1.54, 1.807) is 31.2 Å². The Labute approximate surface area is 105 Å². The number of carbonyl (C=O) groups excluding carboxylic acids is 2. The summed E-state index contributed by atoms with van der Waals surface area (Å²) in [5.74, 6) is -0.766. The van der Waals surface area contributed by atoms with Gasteiger partial charge in [0.25, 0.3) is 5.91 Å². The molecular weight excluding hydrogens is 242 g/mol. The molecule has 0 aliphatic rings. The van der Waals surface area contributed by atoms with E-state index >= 15 is 0 Å². The van der Waals surface area contributed by atoms with Crippen LogP contribution in [0.5, 0.6) is 0 Å². The molecule has 0 unspecified atom stereocenters. The van der Waals surface area contributed by atoms with Crippen LogP contribution in [-0.2, 0) is 14.3 Å². The lowest BCUT2D eigenvalue weighted by atomic mass is 10.3. The van der Waals surface area contributed by atoms with E-state index in [0.29, 0.717) is 10.7 Å². The van der Waals surface area contributed by atoms with Crippen molar-refractivity contribution in [1.82, 2.24) is 0 Å². The van der Waals surface area contributed by atoms with Crippen molar-refractivity contribution < 1.29 is 14.3 Å². The quantitative estimate of drug-likeness (QED) is 0.842. The standard InChI is InChI=1S/C12H14ClNO3/c1-3-11(15)17-8(2)12(16)14-10-6-4-9(13)5-7-10/h4-8H,3H2,1-2H3,(H,14,16)/t8-/m1/s1. The van der Waals surface area contributed by atoms with E-state index in [4.69, 9.17) is 16.3 Å². The highest BCUT2D eigenvalue weighted by Gasteiger charge is 2.16. The van der Waals surface area contributed by atoms with Gasteiger partial charge in [-0.15, -0.1) is 0 Å². The molecule has 17 heavy (non-hydrogen) atoms. The second kappa shape index (κ2) is 6.25. The van der Waals surface area contributed by atoms with E-state index in [9.17, 15) is 9.59 Å². The fraction of sp³-hybridized carbons (Fsp3) is 0.333. The van der Waals surface area contributed by atoms with Crippen LogP contribution in [0.2, 0.25) is 5.02 Å². The number of amides is 1. The van der Waals surface area contributed by atoms with E-state index in [2.05, 4.69) is 5.32 Å². The van der Waals surface area contributed by atoms with Crippen LogP contribution in [0.4, 0.5) is 5.69 Å². The van der Waals surface area contributed by atoms with Crippen LogP contribution in [0.15, 0.2) is 24.3 Å². The fourth-order valence-electron chi connectivity index (χ4n) is 1.11. The van der Waals surface area contributed by atoms with Crippen molar-refractivity contribution in [2.75, 3.05) is 5.32 Å². The summed E-state index contributed by atoms with van der Waals surface area (Å²) in [6, 6.07) is 6.68. The molecule has 0 aliphatic heterocycles. The van der Waals surface area contributed by atoms with Crippen LogP contribution in [0.25, 0.3) is 0 Å². The molecule has 0 bridgehead atoms. The molecule has 1 aromatic carbocycles. The predicted octanol–water partition coefficient (Wildman–Crippen LogP) is 2.62. The molecule has 0 heterocycles. The highest BCUT2D eigenvalue weighted by atomic mass is 35.5. The second-order valence-corrected chi connectivity index (χ2v) is 3.92. The molecular formula is C12H14ClNO3. The first kappa shape index (κ1) is 13.5. The first-order valence-corrected chi connectivity index (χ1v) is 5.66. The van der Waals surface area contributed by atoms with Crippen LogP contribution in [0.3, 0.4) is 0 Å². The Bertz CT molecular complexity index is 403. The van der Waals surface area contributed by atoms with Gasteiger partial charge in [0.15, 0.2) is 6.10 Å². The largest absolute Gasteiger partial charge is 0.453 e. The Kier molecular flexibility index (Phi) is 4.97. The number of hydrogen-bond acceptors (Lipinski definition) is 3. The predicted molar refractivity (Wildman–Crippen MR) is 65.9 cm³/mol. The first-order chi connectivity index (χ1) is 8.02. The number of rotatable bonds is 4. The lowest BCUT2D eigenvalue weighted by Crippen LogP contribution is -2.29. The number of anilines is 1. The number of nitrogens with one attached hydrogen (secondary N) is 1. The van der Waals surface area contributed by atoms with Gasteiger partial charge in [0.1, 0.15) is 0 Å². The zero-order chi connectivity index (χ0) is 12.8. The van der Waals surface area contributed by atoms with Gasteiger partial charge < -0.3 is 10.1 Å². The van der Waals surface area contributed by atoms with Crippen molar-refractivity contribution in [1.29, 1.82) is 0 Å². The zero-order valence-corrected chi connectivity index (χ0v) is 10.5. The molecule has 5 heteroatoms. The summed E-state index contributed by atoms with van der Waals surface area (Å²) >= 11 is 5.72. The Hall–Kier alpha value is -1.55. The maximum Gasteiger partial charge on any atom is 0.306 e. The van der Waals surface area contributed by atoms with Crippen LogP contribution in [0.1, 0.15) is 20.3 Å². The Morgan fingerprint density at radius 3 is 2.47 bits per heavy atom. The SMILES string of the molecule is CCC(=O)O[C@H](C)C(=O)Nc1ccc(Cl)cc1. The van der Waals surface area contributed by atoms with E-state index < -0.39 is 12.1 Å². The number of carbonyl (C=O) groups is 2. The normalized spacial score (nSPS) is 11.7. The Morgan fingerprint density at radius 1 is 1.35 bits per heavy atom. The van der Waals surface area contributed by atoms with Gasteiger partial charge in [-0.25, -0.2) is 0 Å². The van der Waals surface area contributed by atoms with Crippen molar-refractivity contribution in [3.8, 4) is 0 Å². The van der Waals surface area contributed by atoms with Gasteiger partial charge >= 0.3 is 5.97 Å². The van der Waals surface area contributed by atoms with Gasteiger partial charge in [-0.1, -0.05) is 18.5 Å². The van der Waals surface area contributed by atoms with Crippen molar-refractivity contribution in [2.24, 2.45) is 0 Å². The fourth-order valence-corrected chi connectivity index (χ4v) is 1.24. The van der Waals surface area contributed by atoms with E-state index in [1.807, 2.05) is 0 Å². The summed E-state index contributed by atoms with van der Waals surface area (Å²) in [5, 5.41) is 3.21. The summed E-state index contributed by atoms with van der Waals surface area (Å²) < 4.78 is 4.88. The first-order valence-electron chi connectivity index (χ1n) is 5.29. The maximum atomic E-state index is 11.6. The topological polar surface area (TPSA) is 55.4 Å². The smallest absolute Gasteiger partial charge is 0.306 e. The molecule has 1 rings (SSSR count). The minimum Gasteiger partial charge on any atom is -0.453 e. The summed E-state index contributed by atoms with van der Waals surface area (Å²) in [5.41, 5.74) is 0.610. The number of halogens is 1. The highest BCUT2D eigenvalue weighted by Crippen LogP contribution is 2.13. The number of ether oxygens (including phenoxy) is 1. The molecule has 1 N–H and O–H groups in total. The third-order valence-electron chi connectivity index (χ3n) is 2.08. The molecule has 0 aromatic heterocycles. The van der Waals surface area contributed by atoms with E-state index in [1.165, 1.54) is 6.92 Å². The molecule has 4 nitrogen and oxygen atoms in total. The molecule has 0 radical (unpaired) electrons. The van der Waals surface area contributed by atoms with Crippen LogP contribution in [0, 0.1) is 0 Å². The maximum absolute atomic E-state index is 11.6. The van der Waals surface area contributed by atoms with Gasteiger partial charge in [0.05, 0.1) is 0 Å². The molecule has 0 saturated carbocycles. The third-order valence-corrected chi connectivity index (χ3v) is 2.33. The van der Waals surface area contributed by atoms with E-state index in [-0.39, 0.29) is 12.3 Å². The summed E-state index contributed by atoms with van der Waals surface area (Å²) in [6.07, 6.45) is -0.559. The van der Waals surface area contributed by atoms with Gasteiger partial charge in [-0.3, -0.25) is 9.59 Å². The Balaban J connectivity index is 2.54. The van der Waals surface area contributed by atoms with Crippen molar-refractivity contribution >= 4 is 29.2 Å². The average Bonchev–Trinajstić information content (AvgIpc) is 2.31. The lowest BCUT2D eigenvalue weighted by Gasteiger charge is -2.12. The molecule has 92 valence electrons. The summed E-state index contributed by atoms with van der Waals surface area (Å²) in [4.78, 5) is 22.6. The molecule has 0 spiro atoms. The zero-order valence-electron chi connectivity index (χ0n) is 9.70. The molecule has 1 atom stereocenters. The molecule has 0 fully saturated rings. The summed E-state index contributed by atoms with van der Waals surface area (Å²) in [7, 11) is 0. The average molecular weight is 256 g/mol. The van der Waals surface area contributed by atoms with Crippen LogP contribution >= 0.6 is 11.6 Å². The molecule has 0 saturated heterocycles. The second-order valence-electron chi connectivity index (χ2n) is 3.48. The third kappa shape index (κ3) is 4.44. The van der Waals surface area contributed by atoms with Gasteiger partial charge in [-0.2, -0.15) is 0 Å². The van der Waals surface area contributed by atoms with Crippen LogP contribution in [-0.4, -0.2) is 18.0 Å². The Morgan fingerprint density at radius 2 is 1.94 bits per heavy atom. The highest BCUT2D eigenvalue weighted by molar-refractivity contribution is 6.30. The monoisotopic (exact) mass is 255 g/mol. The minimum absolute atomic E-state index is 0.249. The van der Waals surface area contributed by atoms with Gasteiger partial charge in [0, 0.05) is 17.1 Å². The minimum atomic E-state index is -0.807.